The van der Waals surface area contributed by atoms with Gasteiger partial charge in [0.1, 0.15) is 6.54 Å². The molecule has 0 bridgehead atoms. The Hall–Kier alpha value is -0.0900. The standard InChI is InChI=1S/C14H24N2.BrH.ClH/c15-11-7-2-1-3-8-12-16-13-14-9-5-4-6-10-14;;/h4-6,9-10,16H,1-3,7-8,11-13,15H2;2*1H. The minimum atomic E-state index is 0. The van der Waals surface area contributed by atoms with Crippen LogP contribution in [-0.2, 0) is 6.54 Å². The van der Waals surface area contributed by atoms with E-state index in [1.54, 1.807) is 0 Å². The lowest BCUT2D eigenvalue weighted by Gasteiger charge is -2.02. The SMILES string of the molecule is [Br-].[Cl-].[NH3+]CCCCCCC[NH2+]Cc1ccccc1. The second-order valence-corrected chi connectivity index (χ2v) is 4.39. The van der Waals surface area contributed by atoms with Crippen LogP contribution in [0.25, 0.3) is 0 Å². The zero-order valence-electron chi connectivity index (χ0n) is 11.1. The topological polar surface area (TPSA) is 44.2 Å². The lowest BCUT2D eigenvalue weighted by atomic mass is 10.1. The average Bonchev–Trinajstić information content (AvgIpc) is 2.34. The Bertz CT molecular complexity index is 257. The minimum absolute atomic E-state index is 0. The molecule has 5 N–H and O–H groups in total. The summed E-state index contributed by atoms with van der Waals surface area (Å²) < 4.78 is 0. The fourth-order valence-corrected chi connectivity index (χ4v) is 1.88. The third kappa shape index (κ3) is 11.0. The van der Waals surface area contributed by atoms with Gasteiger partial charge in [-0.1, -0.05) is 36.8 Å². The smallest absolute Gasteiger partial charge is 0.101 e. The van der Waals surface area contributed by atoms with Crippen molar-refractivity contribution < 1.29 is 40.4 Å². The minimum Gasteiger partial charge on any atom is -1.00 e. The van der Waals surface area contributed by atoms with Crippen LogP contribution in [0.5, 0.6) is 0 Å². The molecule has 0 aliphatic carbocycles. The predicted molar refractivity (Wildman–Crippen MR) is 67.8 cm³/mol. The van der Waals surface area contributed by atoms with Crippen molar-refractivity contribution in [2.24, 2.45) is 0 Å². The van der Waals surface area contributed by atoms with Crippen molar-refractivity contribution in [2.45, 2.75) is 38.6 Å². The molecule has 0 saturated heterocycles. The summed E-state index contributed by atoms with van der Waals surface area (Å²) in [6, 6.07) is 10.7. The number of nitrogens with two attached hydrogens (primary N) is 1. The zero-order valence-corrected chi connectivity index (χ0v) is 13.4. The molecule has 0 saturated carbocycles. The molecule has 0 radical (unpaired) electrons. The van der Waals surface area contributed by atoms with Gasteiger partial charge in [0, 0.05) is 5.56 Å². The lowest BCUT2D eigenvalue weighted by molar-refractivity contribution is -0.671. The van der Waals surface area contributed by atoms with Crippen molar-refractivity contribution in [3.8, 4) is 0 Å². The van der Waals surface area contributed by atoms with Crippen molar-refractivity contribution >= 4 is 0 Å². The van der Waals surface area contributed by atoms with E-state index in [9.17, 15) is 0 Å². The van der Waals surface area contributed by atoms with Gasteiger partial charge in [0.05, 0.1) is 13.1 Å². The van der Waals surface area contributed by atoms with Crippen LogP contribution in [-0.4, -0.2) is 13.1 Å². The molecule has 2 nitrogen and oxygen atoms in total. The molecule has 4 heteroatoms. The van der Waals surface area contributed by atoms with Gasteiger partial charge >= 0.3 is 0 Å². The van der Waals surface area contributed by atoms with Gasteiger partial charge < -0.3 is 40.4 Å². The summed E-state index contributed by atoms with van der Waals surface area (Å²) >= 11 is 0. The van der Waals surface area contributed by atoms with E-state index in [-0.39, 0.29) is 29.4 Å². The van der Waals surface area contributed by atoms with E-state index in [0.29, 0.717) is 0 Å². The first kappa shape index (κ1) is 20.2. The van der Waals surface area contributed by atoms with E-state index >= 15 is 0 Å². The first-order chi connectivity index (χ1) is 7.93. The van der Waals surface area contributed by atoms with Crippen LogP contribution in [0.4, 0.5) is 0 Å². The van der Waals surface area contributed by atoms with Gasteiger partial charge in [0.15, 0.2) is 0 Å². The van der Waals surface area contributed by atoms with Gasteiger partial charge in [-0.2, -0.15) is 0 Å². The van der Waals surface area contributed by atoms with Crippen LogP contribution in [0.1, 0.15) is 37.7 Å². The second-order valence-electron chi connectivity index (χ2n) is 4.39. The summed E-state index contributed by atoms with van der Waals surface area (Å²) in [4.78, 5) is 0. The molecule has 1 rings (SSSR count). The number of quaternary nitrogens is 2. The number of benzene rings is 1. The summed E-state index contributed by atoms with van der Waals surface area (Å²) in [5.74, 6) is 0. The van der Waals surface area contributed by atoms with Gasteiger partial charge in [-0.15, -0.1) is 0 Å². The number of hydrogen-bond donors (Lipinski definition) is 2. The van der Waals surface area contributed by atoms with Crippen LogP contribution >= 0.6 is 0 Å². The molecule has 0 unspecified atom stereocenters. The van der Waals surface area contributed by atoms with Crippen molar-refractivity contribution in [3.63, 3.8) is 0 Å². The molecule has 0 heterocycles. The summed E-state index contributed by atoms with van der Waals surface area (Å²) in [6.07, 6.45) is 6.78. The predicted octanol–water partition coefficient (Wildman–Crippen LogP) is -5.05. The normalized spacial score (nSPS) is 9.39. The molecule has 1 aromatic rings. The lowest BCUT2D eigenvalue weighted by Crippen LogP contribution is -3.00. The number of unbranched alkanes of at least 4 members (excludes halogenated alkanes) is 4. The third-order valence-electron chi connectivity index (χ3n) is 2.88. The average molecular weight is 338 g/mol. The molecule has 0 aliphatic rings. The second kappa shape index (κ2) is 15.0. The maximum absolute atomic E-state index is 3.86. The summed E-state index contributed by atoms with van der Waals surface area (Å²) in [5, 5.41) is 2.41. The summed E-state index contributed by atoms with van der Waals surface area (Å²) in [7, 11) is 0. The van der Waals surface area contributed by atoms with Gasteiger partial charge in [-0.3, -0.25) is 0 Å². The molecule has 0 spiro atoms. The van der Waals surface area contributed by atoms with Crippen molar-refractivity contribution in [1.82, 2.24) is 0 Å². The molecule has 18 heavy (non-hydrogen) atoms. The van der Waals surface area contributed by atoms with E-state index < -0.39 is 0 Å². The van der Waals surface area contributed by atoms with Crippen LogP contribution in [0.2, 0.25) is 0 Å². The molecule has 106 valence electrons. The number of rotatable bonds is 9. The Morgan fingerprint density at radius 1 is 0.889 bits per heavy atom. The van der Waals surface area contributed by atoms with E-state index in [2.05, 4.69) is 41.4 Å². The van der Waals surface area contributed by atoms with E-state index in [0.717, 1.165) is 13.1 Å². The monoisotopic (exact) mass is 336 g/mol. The maximum atomic E-state index is 3.86. The highest BCUT2D eigenvalue weighted by molar-refractivity contribution is 5.12. The largest absolute Gasteiger partial charge is 1.00 e. The van der Waals surface area contributed by atoms with Gasteiger partial charge in [0.2, 0.25) is 0 Å². The molecule has 0 aliphatic heterocycles. The highest BCUT2D eigenvalue weighted by Crippen LogP contribution is 2.00. The molecule has 0 atom stereocenters. The van der Waals surface area contributed by atoms with Gasteiger partial charge in [0.25, 0.3) is 0 Å². The fourth-order valence-electron chi connectivity index (χ4n) is 1.88. The first-order valence-corrected chi connectivity index (χ1v) is 6.58. The molecule has 0 fully saturated rings. The first-order valence-electron chi connectivity index (χ1n) is 6.58. The molecule has 0 amide bonds. The van der Waals surface area contributed by atoms with E-state index in [4.69, 9.17) is 0 Å². The molecule has 0 aromatic heterocycles. The Morgan fingerprint density at radius 2 is 1.50 bits per heavy atom. The molecule has 1 aromatic carbocycles. The third-order valence-corrected chi connectivity index (χ3v) is 2.88. The van der Waals surface area contributed by atoms with E-state index in [1.807, 2.05) is 0 Å². The molecular formula is C14H26BrClN2. The van der Waals surface area contributed by atoms with Crippen LogP contribution in [0, 0.1) is 0 Å². The Labute approximate surface area is 128 Å². The highest BCUT2D eigenvalue weighted by Gasteiger charge is 1.95. The summed E-state index contributed by atoms with van der Waals surface area (Å²) in [5.41, 5.74) is 5.29. The summed E-state index contributed by atoms with van der Waals surface area (Å²) in [6.45, 7) is 3.49. The number of halogens is 2. The van der Waals surface area contributed by atoms with Crippen molar-refractivity contribution in [3.05, 3.63) is 35.9 Å². The van der Waals surface area contributed by atoms with Crippen LogP contribution in [0.3, 0.4) is 0 Å². The van der Waals surface area contributed by atoms with Crippen LogP contribution in [0.15, 0.2) is 30.3 Å². The van der Waals surface area contributed by atoms with Crippen molar-refractivity contribution in [2.75, 3.05) is 13.1 Å². The fraction of sp³-hybridized carbons (Fsp3) is 0.571. The maximum Gasteiger partial charge on any atom is 0.101 e. The van der Waals surface area contributed by atoms with Gasteiger partial charge in [-0.25, -0.2) is 0 Å². The number of hydrogen-bond acceptors (Lipinski definition) is 0. The van der Waals surface area contributed by atoms with Gasteiger partial charge in [-0.05, 0) is 25.7 Å². The quantitative estimate of drug-likeness (QED) is 0.424. The Balaban J connectivity index is 0. The van der Waals surface area contributed by atoms with Crippen molar-refractivity contribution in [1.29, 1.82) is 0 Å². The Morgan fingerprint density at radius 3 is 2.17 bits per heavy atom. The Kier molecular flexibility index (Phi) is 16.8. The van der Waals surface area contributed by atoms with E-state index in [1.165, 1.54) is 44.2 Å². The highest BCUT2D eigenvalue weighted by atomic mass is 79.9. The molecular weight excluding hydrogens is 312 g/mol. The van der Waals surface area contributed by atoms with Crippen LogP contribution < -0.4 is 40.4 Å². The zero-order chi connectivity index (χ0) is 11.5.